The van der Waals surface area contributed by atoms with Crippen LogP contribution in [0.5, 0.6) is 0 Å². The Balaban J connectivity index is 0.000000358. The summed E-state index contributed by atoms with van der Waals surface area (Å²) in [7, 11) is 6.27. The molecule has 0 aliphatic carbocycles. The summed E-state index contributed by atoms with van der Waals surface area (Å²) in [5.74, 6) is -0.205. The first kappa shape index (κ1) is 75.3. The lowest BCUT2D eigenvalue weighted by atomic mass is 10.2. The molecule has 4 aromatic rings. The van der Waals surface area contributed by atoms with Crippen LogP contribution >= 0.6 is 31.9 Å². The maximum Gasteiger partial charge on any atom is 0.264 e. The molecule has 5 atom stereocenters. The van der Waals surface area contributed by atoms with Crippen molar-refractivity contribution in [2.75, 3.05) is 159 Å². The monoisotopic (exact) mass is 1360 g/mol. The van der Waals surface area contributed by atoms with E-state index in [1.54, 1.807) is 0 Å². The van der Waals surface area contributed by atoms with Crippen LogP contribution in [0, 0.1) is 0 Å². The number of hydrogen-bond donors (Lipinski definition) is 6. The highest BCUT2D eigenvalue weighted by atomic mass is 79.9. The standard InChI is InChI=1S/C15H23N3O.C13H22N3.C13H18N2O4S.C12H16N2O2.C4H8Br2O.CH4O3S.ClH/c1-12(19)16-13-5-7-14(8-6-13)17-10-9-15(11-17)18(2,3)4;1-16(2,3)13-8-9-15(10-13)12-6-4-11(14)5-7-12;1-10(16)14-11-3-5-12(6-4-11)15-8-7-13(9-15)19-20(2,17)18;1-9(15)13-10-2-4-11(5-3-10)14-7-6-12(16)8-14;5-2-1-4(7)3-6;1-5(2,3)4;/h5-8,15H,9-11H2,1-4H3;4-7,13H,8-10,14H2,1-3H3;3-6,13H,7-9H2,1-2H3,(H,14,16);2-5,12,16H,6-8H2,1H3,(H,13,15);4,7H,1-3H2;1H3,(H,2,3,4);1H/q;+1;;;;;/p-1. The lowest BCUT2D eigenvalue weighted by Crippen LogP contribution is -3.00. The van der Waals surface area contributed by atoms with Crippen molar-refractivity contribution in [2.45, 2.75) is 83.3 Å². The van der Waals surface area contributed by atoms with E-state index in [1.807, 2.05) is 72.8 Å². The van der Waals surface area contributed by atoms with Gasteiger partial charge in [0.15, 0.2) is 0 Å². The second-order valence-electron chi connectivity index (χ2n) is 22.8. The molecular weight excluding hydrogens is 1270 g/mol. The molecule has 4 aliphatic rings. The van der Waals surface area contributed by atoms with Gasteiger partial charge in [0.05, 0.1) is 90.1 Å². The first-order valence-electron chi connectivity index (χ1n) is 27.5. The smallest absolute Gasteiger partial charge is 0.264 e. The molecule has 472 valence electrons. The number of quaternary nitrogens is 2. The molecule has 0 spiro atoms. The Labute approximate surface area is 523 Å². The number of nitrogens with one attached hydrogen (secondary N) is 3. The summed E-state index contributed by atoms with van der Waals surface area (Å²) in [6.07, 6.45) is 5.82. The van der Waals surface area contributed by atoms with E-state index < -0.39 is 20.2 Å². The number of likely N-dealkylation sites (N-methyl/N-ethyl adjacent to an activating group) is 2. The van der Waals surface area contributed by atoms with E-state index in [-0.39, 0.29) is 48.4 Å². The minimum Gasteiger partial charge on any atom is -1.00 e. The normalized spacial score (nSPS) is 18.7. The molecule has 8 rings (SSSR count). The number of nitrogens with two attached hydrogens (primary N) is 1. The fraction of sp³-hybridized carbons (Fsp3) is 0.534. The Morgan fingerprint density at radius 1 is 0.595 bits per heavy atom. The number of carbonyl (C=O) groups is 3. The second-order valence-corrected chi connectivity index (χ2v) is 27.3. The highest BCUT2D eigenvalue weighted by Gasteiger charge is 2.33. The maximum atomic E-state index is 11.1. The molecule has 4 aliphatic heterocycles. The van der Waals surface area contributed by atoms with Crippen molar-refractivity contribution < 1.29 is 71.5 Å². The highest BCUT2D eigenvalue weighted by Crippen LogP contribution is 2.28. The molecule has 84 heavy (non-hydrogen) atoms. The molecule has 7 N–H and O–H groups in total. The van der Waals surface area contributed by atoms with Gasteiger partial charge in [0.25, 0.3) is 10.1 Å². The van der Waals surface area contributed by atoms with Gasteiger partial charge in [-0.25, -0.2) is 8.42 Å². The van der Waals surface area contributed by atoms with Gasteiger partial charge in [0, 0.05) is 135 Å². The Hall–Kier alpha value is -4.80. The number of nitrogens with zero attached hydrogens (tertiary/aromatic N) is 6. The van der Waals surface area contributed by atoms with Crippen LogP contribution in [-0.4, -0.2) is 207 Å². The maximum absolute atomic E-state index is 11.1. The summed E-state index contributed by atoms with van der Waals surface area (Å²) < 4.78 is 56.5. The molecule has 0 bridgehead atoms. The van der Waals surface area contributed by atoms with Gasteiger partial charge in [-0.15, -0.1) is 0 Å². The number of hydrogen-bond acceptors (Lipinski definition) is 16. The van der Waals surface area contributed by atoms with E-state index in [4.69, 9.17) is 28.0 Å². The van der Waals surface area contributed by atoms with Gasteiger partial charge >= 0.3 is 0 Å². The molecule has 0 aromatic heterocycles. The minimum atomic E-state index is -3.92. The molecule has 0 radical (unpaired) electrons. The van der Waals surface area contributed by atoms with Crippen LogP contribution in [-0.2, 0) is 38.8 Å². The molecule has 4 heterocycles. The Kier molecular flexibility index (Phi) is 32.0. The Bertz CT molecular complexity index is 2830. The predicted octanol–water partition coefficient (Wildman–Crippen LogP) is 3.59. The van der Waals surface area contributed by atoms with Crippen molar-refractivity contribution >= 4 is 115 Å². The van der Waals surface area contributed by atoms with Crippen molar-refractivity contribution in [3.05, 3.63) is 97.1 Å². The van der Waals surface area contributed by atoms with Gasteiger partial charge in [-0.1, -0.05) is 31.9 Å². The van der Waals surface area contributed by atoms with E-state index in [0.29, 0.717) is 37.1 Å². The number of β-amino-alcohol motifs (C(OH)–C–C–N with tert-alkyl or cyclic N) is 1. The lowest BCUT2D eigenvalue weighted by molar-refractivity contribution is -0.893. The molecule has 26 heteroatoms. The number of anilines is 8. The van der Waals surface area contributed by atoms with Gasteiger partial charge in [0.1, 0.15) is 12.1 Å². The van der Waals surface area contributed by atoms with Gasteiger partial charge in [-0.3, -0.25) is 18.6 Å². The zero-order valence-electron chi connectivity index (χ0n) is 50.5. The lowest BCUT2D eigenvalue weighted by Gasteiger charge is -2.31. The summed E-state index contributed by atoms with van der Waals surface area (Å²) in [6.45, 7) is 11.9. The molecular formula is C58H91Br2ClN10O11S2. The summed E-state index contributed by atoms with van der Waals surface area (Å²) >= 11 is 6.35. The Morgan fingerprint density at radius 2 is 0.905 bits per heavy atom. The van der Waals surface area contributed by atoms with Crippen molar-refractivity contribution in [2.24, 2.45) is 0 Å². The highest BCUT2D eigenvalue weighted by molar-refractivity contribution is 9.09. The first-order chi connectivity index (χ1) is 38.6. The van der Waals surface area contributed by atoms with E-state index in [9.17, 15) is 27.9 Å². The average molecular weight is 1360 g/mol. The number of alkyl halides is 2. The molecule has 4 fully saturated rings. The van der Waals surface area contributed by atoms with Crippen molar-refractivity contribution in [1.82, 2.24) is 0 Å². The average Bonchev–Trinajstić information content (AvgIpc) is 4.41. The number of nitrogen functional groups attached to an aromatic ring is 1. The molecule has 4 saturated heterocycles. The summed E-state index contributed by atoms with van der Waals surface area (Å²) in [5, 5.41) is 28.0. The van der Waals surface area contributed by atoms with Gasteiger partial charge in [0.2, 0.25) is 17.7 Å². The largest absolute Gasteiger partial charge is 1.00 e. The second kappa shape index (κ2) is 35.7. The van der Waals surface area contributed by atoms with E-state index in [0.717, 1.165) is 113 Å². The van der Waals surface area contributed by atoms with Crippen LogP contribution in [0.3, 0.4) is 0 Å². The van der Waals surface area contributed by atoms with Crippen LogP contribution < -0.4 is 53.7 Å². The number of benzene rings is 4. The van der Waals surface area contributed by atoms with Crippen molar-refractivity contribution in [1.29, 1.82) is 0 Å². The zero-order valence-corrected chi connectivity index (χ0v) is 56.1. The summed E-state index contributed by atoms with van der Waals surface area (Å²) in [5.41, 5.74) is 13.6. The SMILES string of the molecule is CC(=O)Nc1ccc(N2CCC(O)C2)cc1.CC(=O)Nc1ccc(N2CCC(OS(C)(=O)=O)C2)cc1.CC(=O)Nc1ccc(N2CCC([N+](C)(C)C)C2)cc1.CS(=O)(=O)[O-].C[N+](C)(C)C1CCN(c2ccc(N)cc2)C1.OC(CBr)CCBr.[Cl-]. The van der Waals surface area contributed by atoms with Crippen LogP contribution in [0.25, 0.3) is 0 Å². The predicted molar refractivity (Wildman–Crippen MR) is 344 cm³/mol. The molecule has 5 unspecified atom stereocenters. The van der Waals surface area contributed by atoms with Crippen LogP contribution in [0.1, 0.15) is 52.9 Å². The van der Waals surface area contributed by atoms with E-state index in [1.165, 1.54) is 45.0 Å². The fourth-order valence-electron chi connectivity index (χ4n) is 9.25. The van der Waals surface area contributed by atoms with Crippen molar-refractivity contribution in [3.63, 3.8) is 0 Å². The number of aliphatic hydroxyl groups is 2. The summed E-state index contributed by atoms with van der Waals surface area (Å²) in [4.78, 5) is 41.8. The third-order valence-corrected chi connectivity index (χ3v) is 15.5. The Morgan fingerprint density at radius 3 is 1.17 bits per heavy atom. The van der Waals surface area contributed by atoms with E-state index in [2.05, 4.69) is 134 Å². The summed E-state index contributed by atoms with van der Waals surface area (Å²) in [6, 6.07) is 32.8. The number of halogens is 3. The fourth-order valence-corrected chi connectivity index (χ4v) is 10.8. The topological polar surface area (TPSA) is 267 Å². The van der Waals surface area contributed by atoms with Crippen molar-refractivity contribution in [3.8, 4) is 0 Å². The van der Waals surface area contributed by atoms with Crippen LogP contribution in [0.15, 0.2) is 97.1 Å². The molecule has 0 saturated carbocycles. The quantitative estimate of drug-likeness (QED) is 0.0346. The van der Waals surface area contributed by atoms with Gasteiger partial charge in [-0.2, -0.15) is 8.42 Å². The number of amides is 3. The van der Waals surface area contributed by atoms with Crippen LogP contribution in [0.4, 0.5) is 45.5 Å². The number of aliphatic hydroxyl groups excluding tert-OH is 2. The molecule has 21 nitrogen and oxygen atoms in total. The number of carbonyl (C=O) groups excluding carboxylic acids is 3. The van der Waals surface area contributed by atoms with Gasteiger partial charge in [-0.05, 0) is 116 Å². The first-order valence-corrected chi connectivity index (χ1v) is 33.4. The van der Waals surface area contributed by atoms with Gasteiger partial charge < -0.3 is 77.4 Å². The minimum absolute atomic E-state index is 0. The zero-order chi connectivity index (χ0) is 62.3. The molecule has 3 amide bonds. The molecule has 4 aromatic carbocycles. The third-order valence-electron chi connectivity index (χ3n) is 13.7. The van der Waals surface area contributed by atoms with E-state index >= 15 is 0 Å². The number of rotatable bonds is 14. The third kappa shape index (κ3) is 30.5. The van der Waals surface area contributed by atoms with Crippen LogP contribution in [0.2, 0.25) is 0 Å².